The van der Waals surface area contributed by atoms with E-state index in [0.29, 0.717) is 6.42 Å². The van der Waals surface area contributed by atoms with Gasteiger partial charge in [0, 0.05) is 17.7 Å². The van der Waals surface area contributed by atoms with E-state index >= 15 is 0 Å². The van der Waals surface area contributed by atoms with E-state index in [1.807, 2.05) is 13.8 Å². The summed E-state index contributed by atoms with van der Waals surface area (Å²) >= 11 is 1.79. The van der Waals surface area contributed by atoms with Crippen molar-refractivity contribution in [3.05, 3.63) is 0 Å². The molecule has 5 heteroatoms. The van der Waals surface area contributed by atoms with Gasteiger partial charge in [-0.1, -0.05) is 31.5 Å². The van der Waals surface area contributed by atoms with Crippen molar-refractivity contribution in [1.82, 2.24) is 5.32 Å². The van der Waals surface area contributed by atoms with Crippen LogP contribution in [0.3, 0.4) is 0 Å². The van der Waals surface area contributed by atoms with Crippen LogP contribution in [-0.4, -0.2) is 27.9 Å². The lowest BCUT2D eigenvalue weighted by Crippen LogP contribution is -2.44. The van der Waals surface area contributed by atoms with Crippen molar-refractivity contribution in [3.63, 3.8) is 0 Å². The van der Waals surface area contributed by atoms with Gasteiger partial charge in [0.15, 0.2) is 5.17 Å². The van der Waals surface area contributed by atoms with Crippen molar-refractivity contribution in [2.45, 2.75) is 64.0 Å². The SMILES string of the molecule is CC1CCCC2(CSC(NC(C)(C)CC(N)=O)=N2)C1. The van der Waals surface area contributed by atoms with Gasteiger partial charge in [-0.25, -0.2) is 0 Å². The first-order valence-electron chi connectivity index (χ1n) is 7.09. The fourth-order valence-electron chi connectivity index (χ4n) is 3.18. The fourth-order valence-corrected chi connectivity index (χ4v) is 4.52. The van der Waals surface area contributed by atoms with Crippen LogP contribution < -0.4 is 11.1 Å². The Morgan fingerprint density at radius 2 is 2.37 bits per heavy atom. The number of aliphatic imine (C=N–C) groups is 1. The Labute approximate surface area is 120 Å². The smallest absolute Gasteiger partial charge is 0.219 e. The first-order chi connectivity index (χ1) is 8.80. The number of primary amides is 1. The number of nitrogens with two attached hydrogens (primary N) is 1. The molecule has 108 valence electrons. The summed E-state index contributed by atoms with van der Waals surface area (Å²) in [4.78, 5) is 16.0. The maximum Gasteiger partial charge on any atom is 0.219 e. The van der Waals surface area contributed by atoms with Gasteiger partial charge in [-0.15, -0.1) is 0 Å². The van der Waals surface area contributed by atoms with Crippen LogP contribution in [0.2, 0.25) is 0 Å². The second kappa shape index (κ2) is 5.35. The van der Waals surface area contributed by atoms with E-state index in [9.17, 15) is 4.79 Å². The van der Waals surface area contributed by atoms with Crippen LogP contribution in [0.1, 0.15) is 52.9 Å². The third-order valence-corrected chi connectivity index (χ3v) is 5.09. The molecule has 4 nitrogen and oxygen atoms in total. The van der Waals surface area contributed by atoms with Gasteiger partial charge in [-0.05, 0) is 32.6 Å². The quantitative estimate of drug-likeness (QED) is 0.835. The van der Waals surface area contributed by atoms with E-state index in [0.717, 1.165) is 16.8 Å². The van der Waals surface area contributed by atoms with Crippen LogP contribution in [-0.2, 0) is 4.79 Å². The number of amidine groups is 1. The molecule has 2 unspecified atom stereocenters. The maximum absolute atomic E-state index is 11.1. The molecule has 1 aliphatic heterocycles. The van der Waals surface area contributed by atoms with Gasteiger partial charge in [-0.2, -0.15) is 0 Å². The van der Waals surface area contributed by atoms with E-state index in [-0.39, 0.29) is 17.0 Å². The zero-order valence-corrected chi connectivity index (χ0v) is 13.0. The number of hydrogen-bond donors (Lipinski definition) is 2. The lowest BCUT2D eigenvalue weighted by atomic mass is 9.78. The zero-order valence-electron chi connectivity index (χ0n) is 12.2. The molecule has 1 saturated carbocycles. The molecule has 3 N–H and O–H groups in total. The van der Waals surface area contributed by atoms with Crippen LogP contribution in [0.4, 0.5) is 0 Å². The number of thioether (sulfide) groups is 1. The number of nitrogens with one attached hydrogen (secondary N) is 1. The summed E-state index contributed by atoms with van der Waals surface area (Å²) in [6, 6.07) is 0. The molecule has 1 amide bonds. The lowest BCUT2D eigenvalue weighted by Gasteiger charge is -2.33. The largest absolute Gasteiger partial charge is 0.370 e. The predicted octanol–water partition coefficient (Wildman–Crippen LogP) is 2.28. The van der Waals surface area contributed by atoms with Crippen LogP contribution in [0.25, 0.3) is 0 Å². The van der Waals surface area contributed by atoms with Crippen molar-refractivity contribution >= 4 is 22.8 Å². The second-order valence-corrected chi connectivity index (χ2v) is 7.75. The van der Waals surface area contributed by atoms with Crippen molar-refractivity contribution < 1.29 is 4.79 Å². The first kappa shape index (κ1) is 14.7. The molecule has 0 saturated heterocycles. The molecule has 0 aromatic rings. The number of hydrogen-bond acceptors (Lipinski definition) is 4. The lowest BCUT2D eigenvalue weighted by molar-refractivity contribution is -0.119. The Kier molecular flexibility index (Phi) is 4.14. The number of rotatable bonds is 3. The average molecular weight is 283 g/mol. The number of carbonyl (C=O) groups is 1. The van der Waals surface area contributed by atoms with Gasteiger partial charge in [0.25, 0.3) is 0 Å². The maximum atomic E-state index is 11.1. The second-order valence-electron chi connectivity index (χ2n) is 6.78. The van der Waals surface area contributed by atoms with Gasteiger partial charge in [0.05, 0.1) is 5.54 Å². The minimum atomic E-state index is -0.316. The number of nitrogens with zero attached hydrogens (tertiary/aromatic N) is 1. The van der Waals surface area contributed by atoms with E-state index in [4.69, 9.17) is 10.7 Å². The summed E-state index contributed by atoms with van der Waals surface area (Å²) < 4.78 is 0. The van der Waals surface area contributed by atoms with Gasteiger partial charge in [0.2, 0.25) is 5.91 Å². The number of carbonyl (C=O) groups excluding carboxylic acids is 1. The van der Waals surface area contributed by atoms with Crippen molar-refractivity contribution in [1.29, 1.82) is 0 Å². The van der Waals surface area contributed by atoms with Gasteiger partial charge in [-0.3, -0.25) is 9.79 Å². The molecule has 1 heterocycles. The molecule has 2 atom stereocenters. The summed E-state index contributed by atoms with van der Waals surface area (Å²) in [5.74, 6) is 1.57. The Hall–Kier alpha value is -0.710. The molecule has 0 radical (unpaired) electrons. The molecule has 1 spiro atoms. The van der Waals surface area contributed by atoms with E-state index < -0.39 is 0 Å². The molecular weight excluding hydrogens is 258 g/mol. The Morgan fingerprint density at radius 1 is 1.63 bits per heavy atom. The van der Waals surface area contributed by atoms with Crippen LogP contribution >= 0.6 is 11.8 Å². The topological polar surface area (TPSA) is 67.5 Å². The average Bonchev–Trinajstić information content (AvgIpc) is 2.57. The highest BCUT2D eigenvalue weighted by molar-refractivity contribution is 8.14. The van der Waals surface area contributed by atoms with E-state index in [1.165, 1.54) is 25.7 Å². The fraction of sp³-hybridized carbons (Fsp3) is 0.857. The van der Waals surface area contributed by atoms with Crippen LogP contribution in [0.15, 0.2) is 4.99 Å². The molecule has 2 rings (SSSR count). The summed E-state index contributed by atoms with van der Waals surface area (Å²) in [6.45, 7) is 6.31. The van der Waals surface area contributed by atoms with Crippen LogP contribution in [0, 0.1) is 5.92 Å². The molecule has 19 heavy (non-hydrogen) atoms. The van der Waals surface area contributed by atoms with Crippen molar-refractivity contribution in [2.24, 2.45) is 16.6 Å². The highest BCUT2D eigenvalue weighted by Crippen LogP contribution is 2.41. The Bertz CT molecular complexity index is 394. The molecule has 1 fully saturated rings. The molecular formula is C14H25N3OS. The minimum Gasteiger partial charge on any atom is -0.370 e. The van der Waals surface area contributed by atoms with Gasteiger partial charge in [0.1, 0.15) is 0 Å². The van der Waals surface area contributed by atoms with E-state index in [2.05, 4.69) is 12.2 Å². The summed E-state index contributed by atoms with van der Waals surface area (Å²) in [5.41, 5.74) is 5.11. The Morgan fingerprint density at radius 3 is 3.00 bits per heavy atom. The third-order valence-electron chi connectivity index (χ3n) is 3.95. The van der Waals surface area contributed by atoms with Crippen molar-refractivity contribution in [2.75, 3.05) is 5.75 Å². The van der Waals surface area contributed by atoms with Crippen molar-refractivity contribution in [3.8, 4) is 0 Å². The van der Waals surface area contributed by atoms with Crippen LogP contribution in [0.5, 0.6) is 0 Å². The molecule has 0 aromatic heterocycles. The normalized spacial score (nSPS) is 31.3. The molecule has 0 aromatic carbocycles. The third kappa shape index (κ3) is 3.88. The molecule has 2 aliphatic rings. The standard InChI is InChI=1S/C14H25N3OS/c1-10-5-4-6-14(7-10)9-19-12(17-14)16-13(2,3)8-11(15)18/h10H,4-9H2,1-3H3,(H2,15,18)(H,16,17). The highest BCUT2D eigenvalue weighted by Gasteiger charge is 2.40. The molecule has 0 bridgehead atoms. The minimum absolute atomic E-state index is 0.146. The molecule has 1 aliphatic carbocycles. The summed E-state index contributed by atoms with van der Waals surface area (Å²) in [6.07, 6.45) is 5.34. The van der Waals surface area contributed by atoms with E-state index in [1.54, 1.807) is 11.8 Å². The highest BCUT2D eigenvalue weighted by atomic mass is 32.2. The number of amides is 1. The summed E-state index contributed by atoms with van der Waals surface area (Å²) in [7, 11) is 0. The summed E-state index contributed by atoms with van der Waals surface area (Å²) in [5, 5.41) is 4.37. The Balaban J connectivity index is 2.01. The zero-order chi connectivity index (χ0) is 14.1. The van der Waals surface area contributed by atoms with Gasteiger partial charge >= 0.3 is 0 Å². The predicted molar refractivity (Wildman–Crippen MR) is 81.3 cm³/mol. The first-order valence-corrected chi connectivity index (χ1v) is 8.08. The van der Waals surface area contributed by atoms with Gasteiger partial charge < -0.3 is 11.1 Å². The monoisotopic (exact) mass is 283 g/mol.